The molecule has 0 bridgehead atoms. The summed E-state index contributed by atoms with van der Waals surface area (Å²) in [4.78, 5) is 3.48. The molecule has 0 aliphatic heterocycles. The number of benzene rings is 1. The number of rotatable bonds is 4. The summed E-state index contributed by atoms with van der Waals surface area (Å²) in [6.07, 6.45) is 13.1. The van der Waals surface area contributed by atoms with Gasteiger partial charge in [-0.15, -0.1) is 0 Å². The first-order valence-corrected chi connectivity index (χ1v) is 9.62. The quantitative estimate of drug-likeness (QED) is 0.523. The predicted molar refractivity (Wildman–Crippen MR) is 128 cm³/mol. The highest BCUT2D eigenvalue weighted by Crippen LogP contribution is 2.38. The van der Waals surface area contributed by atoms with Crippen LogP contribution in [0.4, 0.5) is 0 Å². The van der Waals surface area contributed by atoms with E-state index < -0.39 is 0 Å². The average Bonchev–Trinajstić information content (AvgIpc) is 3.18. The van der Waals surface area contributed by atoms with Crippen molar-refractivity contribution < 1.29 is 0 Å². The van der Waals surface area contributed by atoms with E-state index in [9.17, 15) is 0 Å². The molecule has 0 amide bonds. The fraction of sp³-hybridized carbons (Fsp3) is 0.308. The summed E-state index contributed by atoms with van der Waals surface area (Å²) in [5.41, 5.74) is 8.94. The summed E-state index contributed by atoms with van der Waals surface area (Å²) < 4.78 is 0. The van der Waals surface area contributed by atoms with E-state index in [0.717, 1.165) is 12.1 Å². The second-order valence-electron chi connectivity index (χ2n) is 5.68. The van der Waals surface area contributed by atoms with E-state index >= 15 is 0 Å². The Morgan fingerprint density at radius 1 is 1.04 bits per heavy atom. The van der Waals surface area contributed by atoms with E-state index in [1.165, 1.54) is 38.7 Å². The molecule has 1 aromatic heterocycles. The summed E-state index contributed by atoms with van der Waals surface area (Å²) in [6, 6.07) is 4.59. The molecule has 1 nitrogen and oxygen atoms in total. The van der Waals surface area contributed by atoms with Crippen LogP contribution < -0.4 is 0 Å². The Hall–Kier alpha value is -2.54. The zero-order valence-electron chi connectivity index (χ0n) is 17.2. The maximum atomic E-state index is 3.92. The first kappa shape index (κ1) is 24.5. The Morgan fingerprint density at radius 3 is 2.26 bits per heavy atom. The van der Waals surface area contributed by atoms with Crippen LogP contribution in [0.3, 0.4) is 0 Å². The number of hydrogen-bond donors (Lipinski definition) is 1. The number of nitrogens with one attached hydrogen (secondary N) is 1. The maximum Gasteiger partial charge on any atom is 0.0468 e. The molecule has 0 saturated carbocycles. The van der Waals surface area contributed by atoms with Gasteiger partial charge in [-0.25, -0.2) is 0 Å². The Bertz CT molecular complexity index is 854. The summed E-state index contributed by atoms with van der Waals surface area (Å²) in [5, 5.41) is 1.26. The molecule has 146 valence electrons. The van der Waals surface area contributed by atoms with E-state index in [1.54, 1.807) is 0 Å². The number of H-pyrrole nitrogens is 1. The molecule has 0 spiro atoms. The monoisotopic (exact) mass is 363 g/mol. The molecule has 1 N–H and O–H groups in total. The van der Waals surface area contributed by atoms with Gasteiger partial charge in [0.15, 0.2) is 0 Å². The van der Waals surface area contributed by atoms with Crippen molar-refractivity contribution in [2.45, 2.75) is 55.4 Å². The molecule has 0 fully saturated rings. The number of aromatic amines is 1. The van der Waals surface area contributed by atoms with Crippen LogP contribution >= 0.6 is 0 Å². The van der Waals surface area contributed by atoms with Gasteiger partial charge < -0.3 is 4.98 Å². The smallest absolute Gasteiger partial charge is 0.0468 e. The molecule has 1 aliphatic carbocycles. The van der Waals surface area contributed by atoms with Crippen molar-refractivity contribution in [2.75, 3.05) is 0 Å². The number of aromatic nitrogens is 1. The molecule has 27 heavy (non-hydrogen) atoms. The topological polar surface area (TPSA) is 15.8 Å². The summed E-state index contributed by atoms with van der Waals surface area (Å²) >= 11 is 0. The van der Waals surface area contributed by atoms with Crippen LogP contribution in [0.25, 0.3) is 28.6 Å². The fourth-order valence-corrected chi connectivity index (χ4v) is 3.24. The van der Waals surface area contributed by atoms with Gasteiger partial charge >= 0.3 is 0 Å². The van der Waals surface area contributed by atoms with E-state index in [4.69, 9.17) is 0 Å². The first-order chi connectivity index (χ1) is 12.7. The van der Waals surface area contributed by atoms with Gasteiger partial charge in [-0.1, -0.05) is 84.2 Å². The van der Waals surface area contributed by atoms with E-state index in [1.807, 2.05) is 52.8 Å². The lowest BCUT2D eigenvalue weighted by Gasteiger charge is -2.03. The van der Waals surface area contributed by atoms with Crippen molar-refractivity contribution in [1.29, 1.82) is 0 Å². The Kier molecular flexibility index (Phi) is 10.8. The van der Waals surface area contributed by atoms with Crippen LogP contribution in [0.15, 0.2) is 55.2 Å². The molecule has 1 heteroatoms. The van der Waals surface area contributed by atoms with Gasteiger partial charge in [-0.2, -0.15) is 0 Å². The molecule has 1 heterocycles. The van der Waals surface area contributed by atoms with E-state index in [2.05, 4.69) is 55.4 Å². The molecule has 2 aromatic rings. The molecule has 0 unspecified atom stereocenters. The van der Waals surface area contributed by atoms with Crippen LogP contribution in [-0.2, 0) is 6.42 Å². The third-order valence-corrected chi connectivity index (χ3v) is 4.24. The Morgan fingerprint density at radius 2 is 1.70 bits per heavy atom. The van der Waals surface area contributed by atoms with E-state index in [-0.39, 0.29) is 7.43 Å². The van der Waals surface area contributed by atoms with Crippen molar-refractivity contribution in [2.24, 2.45) is 0 Å². The molecular formula is C26H37N. The number of allylic oxidation sites excluding steroid dienone is 6. The second kappa shape index (κ2) is 12.0. The Balaban J connectivity index is 0.00000127. The SMILES string of the molecule is C.C=C/C=C\C1=C(C)Cc2cc3[nH]c(C=C)c(/C=C\C)c3cc21.CC.CC. The third-order valence-electron chi connectivity index (χ3n) is 4.24. The molecular weight excluding hydrogens is 326 g/mol. The van der Waals surface area contributed by atoms with Crippen molar-refractivity contribution >= 4 is 28.6 Å². The van der Waals surface area contributed by atoms with Gasteiger partial charge in [0.25, 0.3) is 0 Å². The number of hydrogen-bond acceptors (Lipinski definition) is 0. The summed E-state index contributed by atoms with van der Waals surface area (Å²) in [5.74, 6) is 0. The molecule has 1 aliphatic rings. The van der Waals surface area contributed by atoms with Crippen molar-refractivity contribution in [1.82, 2.24) is 4.98 Å². The minimum absolute atomic E-state index is 0. The molecule has 1 aromatic carbocycles. The summed E-state index contributed by atoms with van der Waals surface area (Å²) in [6.45, 7) is 19.9. The lowest BCUT2D eigenvalue weighted by atomic mass is 10.00. The lowest BCUT2D eigenvalue weighted by molar-refractivity contribution is 1.20. The van der Waals surface area contributed by atoms with Crippen LogP contribution in [0.2, 0.25) is 0 Å². The van der Waals surface area contributed by atoms with Gasteiger partial charge in [0.2, 0.25) is 0 Å². The highest BCUT2D eigenvalue weighted by Gasteiger charge is 2.19. The zero-order chi connectivity index (χ0) is 19.7. The van der Waals surface area contributed by atoms with Crippen molar-refractivity contribution in [3.63, 3.8) is 0 Å². The molecule has 3 rings (SSSR count). The largest absolute Gasteiger partial charge is 0.355 e. The average molecular weight is 364 g/mol. The third kappa shape index (κ3) is 5.01. The molecule has 0 radical (unpaired) electrons. The van der Waals surface area contributed by atoms with E-state index in [0.29, 0.717) is 0 Å². The van der Waals surface area contributed by atoms with Crippen LogP contribution in [-0.4, -0.2) is 4.98 Å². The minimum atomic E-state index is 0. The van der Waals surface area contributed by atoms with Crippen molar-refractivity contribution in [3.8, 4) is 0 Å². The fourth-order valence-electron chi connectivity index (χ4n) is 3.24. The van der Waals surface area contributed by atoms with Gasteiger partial charge in [-0.3, -0.25) is 0 Å². The highest BCUT2D eigenvalue weighted by molar-refractivity contribution is 5.98. The minimum Gasteiger partial charge on any atom is -0.355 e. The molecule has 0 saturated heterocycles. The summed E-state index contributed by atoms with van der Waals surface area (Å²) in [7, 11) is 0. The second-order valence-corrected chi connectivity index (χ2v) is 5.68. The zero-order valence-corrected chi connectivity index (χ0v) is 17.2. The van der Waals surface area contributed by atoms with Crippen LogP contribution in [0.5, 0.6) is 0 Å². The maximum absolute atomic E-state index is 3.92. The van der Waals surface area contributed by atoms with Gasteiger partial charge in [-0.05, 0) is 55.2 Å². The van der Waals surface area contributed by atoms with Crippen LogP contribution in [0, 0.1) is 0 Å². The van der Waals surface area contributed by atoms with Gasteiger partial charge in [0, 0.05) is 22.2 Å². The normalized spacial score (nSPS) is 12.2. The van der Waals surface area contributed by atoms with Crippen molar-refractivity contribution in [3.05, 3.63) is 77.6 Å². The number of fused-ring (bicyclic) bond motifs is 2. The molecule has 0 atom stereocenters. The first-order valence-electron chi connectivity index (χ1n) is 9.62. The predicted octanol–water partition coefficient (Wildman–Crippen LogP) is 8.60. The van der Waals surface area contributed by atoms with Crippen LogP contribution in [0.1, 0.15) is 71.4 Å². The van der Waals surface area contributed by atoms with Gasteiger partial charge in [0.1, 0.15) is 0 Å². The van der Waals surface area contributed by atoms with Gasteiger partial charge in [0.05, 0.1) is 0 Å². The lowest BCUT2D eigenvalue weighted by Crippen LogP contribution is -1.84. The Labute approximate surface area is 166 Å². The highest BCUT2D eigenvalue weighted by atomic mass is 14.7. The standard InChI is InChI=1S/C21H21N.2C2H6.CH4/c1-5-8-10-16-14(4)11-15-12-21-19(13-18(15)16)17(9-6-2)20(7-3)22-21;2*1-2;/h5-10,12-13,22H,1,3,11H2,2,4H3;2*1-2H3;1H4/b9-6-,10-8-;;;.